The molecule has 0 unspecified atom stereocenters. The lowest BCUT2D eigenvalue weighted by molar-refractivity contribution is -0.385. The Kier molecular flexibility index (Phi) is 4.42. The highest BCUT2D eigenvalue weighted by Crippen LogP contribution is 2.48. The van der Waals surface area contributed by atoms with E-state index in [2.05, 4.69) is 5.32 Å². The van der Waals surface area contributed by atoms with Crippen molar-refractivity contribution < 1.29 is 19.6 Å². The summed E-state index contributed by atoms with van der Waals surface area (Å²) in [6.07, 6.45) is 2.88. The lowest BCUT2D eigenvalue weighted by Crippen LogP contribution is -2.31. The highest BCUT2D eigenvalue weighted by Gasteiger charge is 2.42. The third-order valence-electron chi connectivity index (χ3n) is 3.84. The van der Waals surface area contributed by atoms with Gasteiger partial charge in [0.1, 0.15) is 11.3 Å². The van der Waals surface area contributed by atoms with Gasteiger partial charge in [-0.3, -0.25) is 14.9 Å². The third kappa shape index (κ3) is 3.69. The summed E-state index contributed by atoms with van der Waals surface area (Å²) in [5.74, 6) is -0.715. The molecule has 1 aliphatic rings. The van der Waals surface area contributed by atoms with Crippen LogP contribution < -0.4 is 5.32 Å². The van der Waals surface area contributed by atoms with Crippen molar-refractivity contribution in [3.63, 3.8) is 0 Å². The highest BCUT2D eigenvalue weighted by atomic mass is 16.6. The van der Waals surface area contributed by atoms with Crippen molar-refractivity contribution >= 4 is 11.6 Å². The second-order valence-electron chi connectivity index (χ2n) is 5.38. The second kappa shape index (κ2) is 6.09. The minimum absolute atomic E-state index is 0.0529. The van der Waals surface area contributed by atoms with Crippen LogP contribution in [0.4, 0.5) is 5.69 Å². The van der Waals surface area contributed by atoms with Crippen LogP contribution in [-0.4, -0.2) is 36.2 Å². The van der Waals surface area contributed by atoms with Gasteiger partial charge in [0.25, 0.3) is 11.6 Å². The van der Waals surface area contributed by atoms with Gasteiger partial charge in [0.15, 0.2) is 0 Å². The van der Waals surface area contributed by atoms with Crippen LogP contribution in [0, 0.1) is 15.5 Å². The zero-order valence-corrected chi connectivity index (χ0v) is 11.8. The normalized spacial score (nSPS) is 15.5. The van der Waals surface area contributed by atoms with Gasteiger partial charge in [-0.25, -0.2) is 0 Å². The number of nitrogens with one attached hydrogen (secondary N) is 1. The van der Waals surface area contributed by atoms with Crippen LogP contribution >= 0.6 is 0 Å². The molecular weight excluding hydrogens is 276 g/mol. The average molecular weight is 294 g/mol. The summed E-state index contributed by atoms with van der Waals surface area (Å²) in [4.78, 5) is 22.4. The van der Waals surface area contributed by atoms with Gasteiger partial charge < -0.3 is 15.2 Å². The maximum absolute atomic E-state index is 12.1. The van der Waals surface area contributed by atoms with Crippen molar-refractivity contribution in [2.24, 2.45) is 5.41 Å². The van der Waals surface area contributed by atoms with E-state index in [9.17, 15) is 20.0 Å². The van der Waals surface area contributed by atoms with Crippen molar-refractivity contribution in [2.75, 3.05) is 20.3 Å². The summed E-state index contributed by atoms with van der Waals surface area (Å²) in [7, 11) is 1.63. The van der Waals surface area contributed by atoms with Gasteiger partial charge in [0, 0.05) is 26.3 Å². The first-order valence-corrected chi connectivity index (χ1v) is 6.72. The number of hydrogen-bond acceptors (Lipinski definition) is 5. The van der Waals surface area contributed by atoms with Gasteiger partial charge >= 0.3 is 0 Å². The Labute approximate surface area is 122 Å². The Balaban J connectivity index is 2.04. The molecule has 2 rings (SSSR count). The summed E-state index contributed by atoms with van der Waals surface area (Å²) in [6, 6.07) is 3.43. The SMILES string of the molecule is COCCC1(CNC(=O)c2cc(O)ccc2[N+](=O)[O-])CC1. The Hall–Kier alpha value is -2.15. The van der Waals surface area contributed by atoms with Crippen molar-refractivity contribution in [3.05, 3.63) is 33.9 Å². The molecule has 1 amide bonds. The number of phenolic OH excluding ortho intramolecular Hbond substituents is 1. The van der Waals surface area contributed by atoms with Crippen LogP contribution in [0.1, 0.15) is 29.6 Å². The molecule has 2 N–H and O–H groups in total. The van der Waals surface area contributed by atoms with Gasteiger partial charge in [-0.05, 0) is 36.8 Å². The van der Waals surface area contributed by atoms with E-state index < -0.39 is 10.8 Å². The first kappa shape index (κ1) is 15.2. The minimum Gasteiger partial charge on any atom is -0.508 e. The van der Waals surface area contributed by atoms with Gasteiger partial charge in [-0.2, -0.15) is 0 Å². The molecule has 0 heterocycles. The lowest BCUT2D eigenvalue weighted by atomic mass is 10.0. The molecule has 0 aliphatic heterocycles. The highest BCUT2D eigenvalue weighted by molar-refractivity contribution is 5.98. The number of rotatable bonds is 7. The number of nitrogens with zero attached hydrogens (tertiary/aromatic N) is 1. The molecule has 0 saturated heterocycles. The fourth-order valence-electron chi connectivity index (χ4n) is 2.24. The van der Waals surface area contributed by atoms with E-state index in [4.69, 9.17) is 4.74 Å². The van der Waals surface area contributed by atoms with Crippen LogP contribution in [-0.2, 0) is 4.74 Å². The van der Waals surface area contributed by atoms with Crippen molar-refractivity contribution in [1.29, 1.82) is 0 Å². The second-order valence-corrected chi connectivity index (χ2v) is 5.38. The smallest absolute Gasteiger partial charge is 0.282 e. The molecule has 1 aromatic rings. The number of ether oxygens (including phenoxy) is 1. The first-order valence-electron chi connectivity index (χ1n) is 6.72. The summed E-state index contributed by atoms with van der Waals surface area (Å²) < 4.78 is 5.04. The maximum atomic E-state index is 12.1. The summed E-state index contributed by atoms with van der Waals surface area (Å²) in [5, 5.41) is 23.0. The Morgan fingerprint density at radius 2 is 2.24 bits per heavy atom. The number of carbonyl (C=O) groups is 1. The molecule has 0 radical (unpaired) electrons. The molecule has 0 atom stereocenters. The molecule has 114 valence electrons. The number of benzene rings is 1. The van der Waals surface area contributed by atoms with Crippen molar-refractivity contribution in [1.82, 2.24) is 5.32 Å². The molecule has 0 aromatic heterocycles. The average Bonchev–Trinajstić information content (AvgIpc) is 3.22. The van der Waals surface area contributed by atoms with Gasteiger partial charge in [0.2, 0.25) is 0 Å². The fourth-order valence-corrected chi connectivity index (χ4v) is 2.24. The molecule has 1 saturated carbocycles. The van der Waals surface area contributed by atoms with Crippen molar-refractivity contribution in [2.45, 2.75) is 19.3 Å². The van der Waals surface area contributed by atoms with E-state index in [-0.39, 0.29) is 22.4 Å². The number of amides is 1. The number of aromatic hydroxyl groups is 1. The zero-order chi connectivity index (χ0) is 15.5. The van der Waals surface area contributed by atoms with Crippen LogP contribution in [0.2, 0.25) is 0 Å². The summed E-state index contributed by atoms with van der Waals surface area (Å²) in [5.41, 5.74) is -0.383. The molecule has 1 fully saturated rings. The van der Waals surface area contributed by atoms with Crippen LogP contribution in [0.25, 0.3) is 0 Å². The van der Waals surface area contributed by atoms with Crippen LogP contribution in [0.5, 0.6) is 5.75 Å². The summed E-state index contributed by atoms with van der Waals surface area (Å²) >= 11 is 0. The monoisotopic (exact) mass is 294 g/mol. The molecular formula is C14H18N2O5. The summed E-state index contributed by atoms with van der Waals surface area (Å²) in [6.45, 7) is 1.09. The number of nitro groups is 1. The van der Waals surface area contributed by atoms with E-state index in [1.807, 2.05) is 0 Å². The lowest BCUT2D eigenvalue weighted by Gasteiger charge is -2.15. The fraction of sp³-hybridized carbons (Fsp3) is 0.500. The zero-order valence-electron chi connectivity index (χ0n) is 11.8. The number of nitro benzene ring substituents is 1. The van der Waals surface area contributed by atoms with Crippen molar-refractivity contribution in [3.8, 4) is 5.75 Å². The predicted octanol–water partition coefficient (Wildman–Crippen LogP) is 1.85. The predicted molar refractivity (Wildman–Crippen MR) is 75.3 cm³/mol. The Morgan fingerprint density at radius 3 is 2.81 bits per heavy atom. The number of phenols is 1. The molecule has 1 aliphatic carbocycles. The van der Waals surface area contributed by atoms with E-state index in [1.54, 1.807) is 7.11 Å². The largest absolute Gasteiger partial charge is 0.508 e. The topological polar surface area (TPSA) is 102 Å². The standard InChI is InChI=1S/C14H18N2O5/c1-21-7-6-14(4-5-14)9-15-13(18)11-8-10(17)2-3-12(11)16(19)20/h2-3,8,17H,4-7,9H2,1H3,(H,15,18). The molecule has 0 spiro atoms. The van der Waals surface area contributed by atoms with E-state index in [1.165, 1.54) is 6.07 Å². The van der Waals surface area contributed by atoms with Crippen LogP contribution in [0.3, 0.4) is 0 Å². The molecule has 0 bridgehead atoms. The van der Waals surface area contributed by atoms with E-state index in [0.717, 1.165) is 31.4 Å². The van der Waals surface area contributed by atoms with Gasteiger partial charge in [-0.1, -0.05) is 0 Å². The van der Waals surface area contributed by atoms with Gasteiger partial charge in [0.05, 0.1) is 4.92 Å². The van der Waals surface area contributed by atoms with Gasteiger partial charge in [-0.15, -0.1) is 0 Å². The first-order chi connectivity index (χ1) is 9.97. The van der Waals surface area contributed by atoms with Crippen LogP contribution in [0.15, 0.2) is 18.2 Å². The molecule has 7 nitrogen and oxygen atoms in total. The Bertz CT molecular complexity index is 554. The quantitative estimate of drug-likeness (QED) is 0.590. The maximum Gasteiger partial charge on any atom is 0.282 e. The van der Waals surface area contributed by atoms with E-state index in [0.29, 0.717) is 13.2 Å². The number of methoxy groups -OCH3 is 1. The minimum atomic E-state index is -0.633. The number of carbonyl (C=O) groups excluding carboxylic acids is 1. The third-order valence-corrected chi connectivity index (χ3v) is 3.84. The Morgan fingerprint density at radius 1 is 1.52 bits per heavy atom. The molecule has 1 aromatic carbocycles. The molecule has 7 heteroatoms. The molecule has 21 heavy (non-hydrogen) atoms. The van der Waals surface area contributed by atoms with E-state index >= 15 is 0 Å². The number of hydrogen-bond donors (Lipinski definition) is 2.